The third kappa shape index (κ3) is 5.15. The molecule has 0 saturated heterocycles. The molecule has 0 spiro atoms. The van der Waals surface area contributed by atoms with Crippen LogP contribution in [0.25, 0.3) is 0 Å². The largest absolute Gasteiger partial charge is 0.380 e. The Labute approximate surface area is 119 Å². The summed E-state index contributed by atoms with van der Waals surface area (Å²) in [6.07, 6.45) is 0.584. The van der Waals surface area contributed by atoms with Crippen LogP contribution >= 0.6 is 0 Å². The van der Waals surface area contributed by atoms with Crippen molar-refractivity contribution in [3.8, 4) is 0 Å². The van der Waals surface area contributed by atoms with Gasteiger partial charge in [-0.2, -0.15) is 0 Å². The Morgan fingerprint density at radius 2 is 2.00 bits per heavy atom. The zero-order valence-electron chi connectivity index (χ0n) is 12.2. The molecule has 1 aromatic carbocycles. The standard InChI is InChI=1S/C15H24F2N2O/c1-3-19(10-11-20-4-2)9-8-14(18)12-6-5-7-13(16)15(12)17/h5-7,14H,3-4,8-11,18H2,1-2H3. The number of hydrogen-bond donors (Lipinski definition) is 1. The molecule has 114 valence electrons. The second-order valence-electron chi connectivity index (χ2n) is 4.67. The summed E-state index contributed by atoms with van der Waals surface area (Å²) in [5.41, 5.74) is 6.20. The lowest BCUT2D eigenvalue weighted by atomic mass is 10.0. The van der Waals surface area contributed by atoms with Gasteiger partial charge in [-0.05, 0) is 26.0 Å². The van der Waals surface area contributed by atoms with E-state index in [0.29, 0.717) is 19.6 Å². The zero-order chi connectivity index (χ0) is 15.0. The summed E-state index contributed by atoms with van der Waals surface area (Å²) >= 11 is 0. The number of nitrogens with two attached hydrogens (primary N) is 1. The Kier molecular flexibility index (Phi) is 7.65. The van der Waals surface area contributed by atoms with Gasteiger partial charge in [-0.1, -0.05) is 19.1 Å². The third-order valence-electron chi connectivity index (χ3n) is 3.34. The molecule has 1 unspecified atom stereocenters. The Morgan fingerprint density at radius 3 is 2.65 bits per heavy atom. The van der Waals surface area contributed by atoms with Crippen molar-refractivity contribution in [3.05, 3.63) is 35.4 Å². The van der Waals surface area contributed by atoms with E-state index in [1.165, 1.54) is 6.07 Å². The van der Waals surface area contributed by atoms with E-state index in [2.05, 4.69) is 11.8 Å². The lowest BCUT2D eigenvalue weighted by Crippen LogP contribution is -2.30. The van der Waals surface area contributed by atoms with Crippen molar-refractivity contribution >= 4 is 0 Å². The minimum atomic E-state index is -0.846. The molecular weight excluding hydrogens is 262 g/mol. The normalized spacial score (nSPS) is 12.9. The van der Waals surface area contributed by atoms with Crippen LogP contribution in [0.1, 0.15) is 31.9 Å². The van der Waals surface area contributed by atoms with E-state index in [4.69, 9.17) is 10.5 Å². The summed E-state index contributed by atoms with van der Waals surface area (Å²) in [7, 11) is 0. The average Bonchev–Trinajstić information content (AvgIpc) is 2.45. The van der Waals surface area contributed by atoms with Crippen LogP contribution in [-0.4, -0.2) is 37.7 Å². The van der Waals surface area contributed by atoms with Crippen LogP contribution in [0.4, 0.5) is 8.78 Å². The van der Waals surface area contributed by atoms with E-state index in [1.54, 1.807) is 6.07 Å². The van der Waals surface area contributed by atoms with Gasteiger partial charge in [0.05, 0.1) is 6.61 Å². The van der Waals surface area contributed by atoms with Crippen LogP contribution < -0.4 is 5.73 Å². The topological polar surface area (TPSA) is 38.5 Å². The second-order valence-corrected chi connectivity index (χ2v) is 4.67. The molecule has 0 radical (unpaired) electrons. The predicted octanol–water partition coefficient (Wildman–Crippen LogP) is 2.71. The first-order chi connectivity index (χ1) is 9.60. The fraction of sp³-hybridized carbons (Fsp3) is 0.600. The first-order valence-electron chi connectivity index (χ1n) is 7.09. The van der Waals surface area contributed by atoms with Gasteiger partial charge in [0.15, 0.2) is 11.6 Å². The summed E-state index contributed by atoms with van der Waals surface area (Å²) < 4.78 is 32.1. The molecule has 20 heavy (non-hydrogen) atoms. The lowest BCUT2D eigenvalue weighted by molar-refractivity contribution is 0.114. The van der Waals surface area contributed by atoms with Crippen LogP contribution in [-0.2, 0) is 4.74 Å². The van der Waals surface area contributed by atoms with Gasteiger partial charge in [-0.25, -0.2) is 8.78 Å². The van der Waals surface area contributed by atoms with Gasteiger partial charge in [0.2, 0.25) is 0 Å². The summed E-state index contributed by atoms with van der Waals surface area (Å²) in [5.74, 6) is -1.68. The van der Waals surface area contributed by atoms with Crippen molar-refractivity contribution in [2.24, 2.45) is 5.73 Å². The highest BCUT2D eigenvalue weighted by molar-refractivity contribution is 5.22. The lowest BCUT2D eigenvalue weighted by Gasteiger charge is -2.22. The zero-order valence-corrected chi connectivity index (χ0v) is 12.2. The van der Waals surface area contributed by atoms with Crippen LogP contribution in [0.5, 0.6) is 0 Å². The highest BCUT2D eigenvalue weighted by Crippen LogP contribution is 2.20. The molecule has 2 N–H and O–H groups in total. The second kappa shape index (κ2) is 9.00. The van der Waals surface area contributed by atoms with Crippen molar-refractivity contribution in [3.63, 3.8) is 0 Å². The maximum absolute atomic E-state index is 13.6. The molecule has 1 rings (SSSR count). The molecule has 0 aromatic heterocycles. The predicted molar refractivity (Wildman–Crippen MR) is 76.5 cm³/mol. The van der Waals surface area contributed by atoms with Crippen LogP contribution in [0, 0.1) is 11.6 Å². The molecule has 5 heteroatoms. The number of ether oxygens (including phenoxy) is 1. The van der Waals surface area contributed by atoms with Crippen LogP contribution in [0.3, 0.4) is 0 Å². The molecule has 0 amide bonds. The van der Waals surface area contributed by atoms with E-state index in [9.17, 15) is 8.78 Å². The maximum atomic E-state index is 13.6. The van der Waals surface area contributed by atoms with Crippen LogP contribution in [0.15, 0.2) is 18.2 Å². The van der Waals surface area contributed by atoms with E-state index in [1.807, 2.05) is 6.92 Å². The maximum Gasteiger partial charge on any atom is 0.163 e. The number of halogens is 2. The van der Waals surface area contributed by atoms with Crippen molar-refractivity contribution in [2.45, 2.75) is 26.3 Å². The van der Waals surface area contributed by atoms with Gasteiger partial charge in [0.25, 0.3) is 0 Å². The Balaban J connectivity index is 2.48. The summed E-state index contributed by atoms with van der Waals surface area (Å²) in [4.78, 5) is 2.19. The minimum Gasteiger partial charge on any atom is -0.380 e. The molecule has 0 aliphatic rings. The monoisotopic (exact) mass is 286 g/mol. The molecule has 1 aromatic rings. The molecule has 0 bridgehead atoms. The first-order valence-corrected chi connectivity index (χ1v) is 7.09. The number of rotatable bonds is 9. The number of benzene rings is 1. The Bertz CT molecular complexity index is 401. The number of hydrogen-bond acceptors (Lipinski definition) is 3. The molecule has 0 heterocycles. The van der Waals surface area contributed by atoms with Gasteiger partial charge in [-0.15, -0.1) is 0 Å². The first kappa shape index (κ1) is 17.0. The van der Waals surface area contributed by atoms with E-state index < -0.39 is 17.7 Å². The van der Waals surface area contributed by atoms with Crippen molar-refractivity contribution in [1.82, 2.24) is 4.90 Å². The molecular formula is C15H24F2N2O. The molecule has 0 fully saturated rings. The number of nitrogens with zero attached hydrogens (tertiary/aromatic N) is 1. The molecule has 1 atom stereocenters. The third-order valence-corrected chi connectivity index (χ3v) is 3.34. The molecule has 0 aliphatic heterocycles. The van der Waals surface area contributed by atoms with Crippen LogP contribution in [0.2, 0.25) is 0 Å². The summed E-state index contributed by atoms with van der Waals surface area (Å²) in [6, 6.07) is 3.64. The van der Waals surface area contributed by atoms with Gasteiger partial charge in [-0.3, -0.25) is 0 Å². The molecule has 0 aliphatic carbocycles. The van der Waals surface area contributed by atoms with E-state index >= 15 is 0 Å². The average molecular weight is 286 g/mol. The van der Waals surface area contributed by atoms with Gasteiger partial charge >= 0.3 is 0 Å². The van der Waals surface area contributed by atoms with Crippen molar-refractivity contribution in [1.29, 1.82) is 0 Å². The number of likely N-dealkylation sites (N-methyl/N-ethyl adjacent to an activating group) is 1. The minimum absolute atomic E-state index is 0.242. The highest BCUT2D eigenvalue weighted by atomic mass is 19.2. The van der Waals surface area contributed by atoms with Crippen molar-refractivity contribution < 1.29 is 13.5 Å². The van der Waals surface area contributed by atoms with E-state index in [-0.39, 0.29) is 5.56 Å². The summed E-state index contributed by atoms with van der Waals surface area (Å²) in [5, 5.41) is 0. The molecule has 0 saturated carbocycles. The quantitative estimate of drug-likeness (QED) is 0.709. The van der Waals surface area contributed by atoms with Gasteiger partial charge in [0, 0.05) is 31.3 Å². The Hall–Kier alpha value is -1.04. The molecule has 3 nitrogen and oxygen atoms in total. The van der Waals surface area contributed by atoms with E-state index in [0.717, 1.165) is 25.7 Å². The Morgan fingerprint density at radius 1 is 1.25 bits per heavy atom. The highest BCUT2D eigenvalue weighted by Gasteiger charge is 2.15. The SMILES string of the molecule is CCOCCN(CC)CCC(N)c1cccc(F)c1F. The van der Waals surface area contributed by atoms with Gasteiger partial charge < -0.3 is 15.4 Å². The fourth-order valence-corrected chi connectivity index (χ4v) is 2.05. The fourth-order valence-electron chi connectivity index (χ4n) is 2.05. The smallest absolute Gasteiger partial charge is 0.163 e. The summed E-state index contributed by atoms with van der Waals surface area (Å²) in [6.45, 7) is 7.83. The van der Waals surface area contributed by atoms with Crippen molar-refractivity contribution in [2.75, 3.05) is 32.8 Å². The van der Waals surface area contributed by atoms with Gasteiger partial charge in [0.1, 0.15) is 0 Å².